The summed E-state index contributed by atoms with van der Waals surface area (Å²) >= 11 is 0. The Labute approximate surface area is 168 Å². The summed E-state index contributed by atoms with van der Waals surface area (Å²) in [7, 11) is 4.62. The van der Waals surface area contributed by atoms with Crippen LogP contribution >= 0.6 is 0 Å². The lowest BCUT2D eigenvalue weighted by atomic mass is 10.0. The molecule has 0 radical (unpaired) electrons. The van der Waals surface area contributed by atoms with Crippen LogP contribution in [0.1, 0.15) is 19.3 Å². The number of ether oxygens (including phenoxy) is 3. The highest BCUT2D eigenvalue weighted by Gasteiger charge is 2.26. The predicted molar refractivity (Wildman–Crippen MR) is 109 cm³/mol. The van der Waals surface area contributed by atoms with Crippen LogP contribution in [0.25, 0.3) is 11.1 Å². The third kappa shape index (κ3) is 4.03. The SMILES string of the molecule is COc1ccc(-c2ccc(NC(=O)C3=C(C(=O)O)CCC3)c(OC)c2OC)cc1. The second-order valence-electron chi connectivity index (χ2n) is 6.53. The Morgan fingerprint density at radius 3 is 2.10 bits per heavy atom. The number of hydrogen-bond donors (Lipinski definition) is 2. The van der Waals surface area contributed by atoms with Gasteiger partial charge in [-0.15, -0.1) is 0 Å². The molecule has 1 aliphatic carbocycles. The molecule has 1 amide bonds. The Hall–Kier alpha value is -3.48. The molecule has 0 aliphatic heterocycles. The molecule has 7 nitrogen and oxygen atoms in total. The van der Waals surface area contributed by atoms with Crippen molar-refractivity contribution in [1.29, 1.82) is 0 Å². The van der Waals surface area contributed by atoms with Gasteiger partial charge in [0, 0.05) is 16.7 Å². The van der Waals surface area contributed by atoms with Gasteiger partial charge in [-0.05, 0) is 49.1 Å². The number of nitrogens with one attached hydrogen (secondary N) is 1. The van der Waals surface area contributed by atoms with Gasteiger partial charge >= 0.3 is 5.97 Å². The molecule has 0 heterocycles. The molecule has 152 valence electrons. The standard InChI is InChI=1S/C22H23NO6/c1-27-14-9-7-13(8-10-14)15-11-12-18(20(29-3)19(15)28-2)23-21(24)16-5-4-6-17(16)22(25)26/h7-12H,4-6H2,1-3H3,(H,23,24)(H,25,26). The topological polar surface area (TPSA) is 94.1 Å². The Morgan fingerprint density at radius 1 is 0.862 bits per heavy atom. The average Bonchev–Trinajstić information content (AvgIpc) is 3.24. The van der Waals surface area contributed by atoms with Crippen molar-refractivity contribution in [2.24, 2.45) is 0 Å². The fraction of sp³-hybridized carbons (Fsp3) is 0.273. The summed E-state index contributed by atoms with van der Waals surface area (Å²) in [4.78, 5) is 24.0. The number of carbonyl (C=O) groups is 2. The number of benzene rings is 2. The molecule has 2 aromatic carbocycles. The predicted octanol–water partition coefficient (Wildman–Crippen LogP) is 3.88. The smallest absolute Gasteiger partial charge is 0.332 e. The van der Waals surface area contributed by atoms with Gasteiger partial charge in [0.05, 0.1) is 27.0 Å². The summed E-state index contributed by atoms with van der Waals surface area (Å²) in [5, 5.41) is 12.1. The molecule has 0 unspecified atom stereocenters. The van der Waals surface area contributed by atoms with Gasteiger partial charge in [0.25, 0.3) is 5.91 Å². The number of amides is 1. The van der Waals surface area contributed by atoms with E-state index in [-0.39, 0.29) is 5.57 Å². The summed E-state index contributed by atoms with van der Waals surface area (Å²) in [5.41, 5.74) is 2.57. The second kappa shape index (κ2) is 8.68. The summed E-state index contributed by atoms with van der Waals surface area (Å²) in [5.74, 6) is 0.0890. The fourth-order valence-electron chi connectivity index (χ4n) is 3.49. The zero-order valence-electron chi connectivity index (χ0n) is 16.6. The van der Waals surface area contributed by atoms with Crippen molar-refractivity contribution < 1.29 is 28.9 Å². The average molecular weight is 397 g/mol. The number of carboxylic acid groups (broad SMARTS) is 1. The molecule has 0 saturated heterocycles. The molecule has 0 spiro atoms. The minimum absolute atomic E-state index is 0.170. The third-order valence-electron chi connectivity index (χ3n) is 4.92. The second-order valence-corrected chi connectivity index (χ2v) is 6.53. The van der Waals surface area contributed by atoms with E-state index in [0.29, 0.717) is 42.0 Å². The number of rotatable bonds is 7. The van der Waals surface area contributed by atoms with E-state index in [1.54, 1.807) is 13.2 Å². The molecule has 29 heavy (non-hydrogen) atoms. The molecule has 3 rings (SSSR count). The Bertz CT molecular complexity index is 962. The van der Waals surface area contributed by atoms with Gasteiger partial charge in [0.15, 0.2) is 11.5 Å². The van der Waals surface area contributed by atoms with E-state index >= 15 is 0 Å². The molecule has 2 aromatic rings. The first kappa shape index (κ1) is 20.3. The third-order valence-corrected chi connectivity index (χ3v) is 4.92. The largest absolute Gasteiger partial charge is 0.497 e. The van der Waals surface area contributed by atoms with Crippen molar-refractivity contribution in [3.63, 3.8) is 0 Å². The van der Waals surface area contributed by atoms with Crippen LogP contribution in [0.15, 0.2) is 47.5 Å². The molecule has 2 N–H and O–H groups in total. The maximum atomic E-state index is 12.7. The monoisotopic (exact) mass is 397 g/mol. The molecule has 0 atom stereocenters. The van der Waals surface area contributed by atoms with E-state index in [0.717, 1.165) is 16.9 Å². The highest BCUT2D eigenvalue weighted by atomic mass is 16.5. The summed E-state index contributed by atoms with van der Waals surface area (Å²) in [6.07, 6.45) is 1.49. The lowest BCUT2D eigenvalue weighted by Crippen LogP contribution is -2.17. The van der Waals surface area contributed by atoms with Crippen LogP contribution in [0.3, 0.4) is 0 Å². The fourth-order valence-corrected chi connectivity index (χ4v) is 3.49. The lowest BCUT2D eigenvalue weighted by molar-refractivity contribution is -0.133. The molecule has 0 fully saturated rings. The van der Waals surface area contributed by atoms with Crippen LogP contribution in [0.5, 0.6) is 17.2 Å². The van der Waals surface area contributed by atoms with Crippen molar-refractivity contribution in [3.8, 4) is 28.4 Å². The Kier molecular flexibility index (Phi) is 6.07. The molecular weight excluding hydrogens is 374 g/mol. The summed E-state index contributed by atoms with van der Waals surface area (Å²) in [6.45, 7) is 0. The number of anilines is 1. The van der Waals surface area contributed by atoms with E-state index in [4.69, 9.17) is 14.2 Å². The van der Waals surface area contributed by atoms with Crippen molar-refractivity contribution in [3.05, 3.63) is 47.5 Å². The van der Waals surface area contributed by atoms with Crippen molar-refractivity contribution in [2.75, 3.05) is 26.6 Å². The van der Waals surface area contributed by atoms with Gasteiger partial charge in [-0.2, -0.15) is 0 Å². The van der Waals surface area contributed by atoms with Gasteiger partial charge in [-0.3, -0.25) is 4.79 Å². The van der Waals surface area contributed by atoms with Crippen LogP contribution in [0.4, 0.5) is 5.69 Å². The molecule has 0 bridgehead atoms. The molecule has 0 aromatic heterocycles. The van der Waals surface area contributed by atoms with Gasteiger partial charge < -0.3 is 24.6 Å². The first-order valence-electron chi connectivity index (χ1n) is 9.16. The van der Waals surface area contributed by atoms with E-state index in [2.05, 4.69) is 5.32 Å². The first-order chi connectivity index (χ1) is 14.0. The maximum absolute atomic E-state index is 12.7. The highest BCUT2D eigenvalue weighted by molar-refractivity contribution is 6.10. The number of aliphatic carboxylic acids is 1. The summed E-state index contributed by atoms with van der Waals surface area (Å²) in [6, 6.07) is 11.0. The normalized spacial score (nSPS) is 13.2. The van der Waals surface area contributed by atoms with E-state index in [1.165, 1.54) is 14.2 Å². The number of methoxy groups -OCH3 is 3. The highest BCUT2D eigenvalue weighted by Crippen LogP contribution is 2.43. The van der Waals surface area contributed by atoms with Crippen LogP contribution in [0.2, 0.25) is 0 Å². The van der Waals surface area contributed by atoms with Gasteiger partial charge in [-0.1, -0.05) is 12.1 Å². The number of hydrogen-bond acceptors (Lipinski definition) is 5. The van der Waals surface area contributed by atoms with E-state index < -0.39 is 11.9 Å². The van der Waals surface area contributed by atoms with Crippen molar-refractivity contribution >= 4 is 17.6 Å². The summed E-state index contributed by atoms with van der Waals surface area (Å²) < 4.78 is 16.3. The molecule has 1 aliphatic rings. The van der Waals surface area contributed by atoms with Gasteiger partial charge in [0.1, 0.15) is 5.75 Å². The Balaban J connectivity index is 1.97. The quantitative estimate of drug-likeness (QED) is 0.736. The van der Waals surface area contributed by atoms with Crippen LogP contribution in [-0.4, -0.2) is 38.3 Å². The molecular formula is C22H23NO6. The molecule has 0 saturated carbocycles. The van der Waals surface area contributed by atoms with Gasteiger partial charge in [0.2, 0.25) is 0 Å². The zero-order valence-corrected chi connectivity index (χ0v) is 16.6. The van der Waals surface area contributed by atoms with Crippen molar-refractivity contribution in [2.45, 2.75) is 19.3 Å². The van der Waals surface area contributed by atoms with Crippen molar-refractivity contribution in [1.82, 2.24) is 0 Å². The minimum atomic E-state index is -1.05. The Morgan fingerprint density at radius 2 is 1.52 bits per heavy atom. The maximum Gasteiger partial charge on any atom is 0.332 e. The van der Waals surface area contributed by atoms with Crippen LogP contribution < -0.4 is 19.5 Å². The minimum Gasteiger partial charge on any atom is -0.497 e. The zero-order chi connectivity index (χ0) is 21.0. The van der Waals surface area contributed by atoms with Gasteiger partial charge in [-0.25, -0.2) is 4.79 Å². The van der Waals surface area contributed by atoms with E-state index in [9.17, 15) is 14.7 Å². The molecule has 7 heteroatoms. The van der Waals surface area contributed by atoms with Crippen LogP contribution in [0, 0.1) is 0 Å². The first-order valence-corrected chi connectivity index (χ1v) is 9.16. The number of carbonyl (C=O) groups excluding carboxylic acids is 1. The van der Waals surface area contributed by atoms with Crippen LogP contribution in [-0.2, 0) is 9.59 Å². The lowest BCUT2D eigenvalue weighted by Gasteiger charge is -2.18. The van der Waals surface area contributed by atoms with E-state index in [1.807, 2.05) is 30.3 Å². The number of carboxylic acids is 1.